The summed E-state index contributed by atoms with van der Waals surface area (Å²) >= 11 is 0. The van der Waals surface area contributed by atoms with Crippen LogP contribution in [-0.4, -0.2) is 30.4 Å². The van der Waals surface area contributed by atoms with Crippen molar-refractivity contribution in [3.05, 3.63) is 88.5 Å². The fraction of sp³-hybridized carbons (Fsp3) is 0.160. The van der Waals surface area contributed by atoms with Crippen molar-refractivity contribution in [2.45, 2.75) is 20.5 Å². The number of hydrogen-bond donors (Lipinski definition) is 3. The van der Waals surface area contributed by atoms with Crippen molar-refractivity contribution >= 4 is 23.9 Å². The Kier molecular flexibility index (Phi) is 7.64. The first-order chi connectivity index (χ1) is 15.9. The van der Waals surface area contributed by atoms with Crippen LogP contribution in [0.2, 0.25) is 0 Å². The number of nitrogens with zero attached hydrogens (tertiary/aromatic N) is 1. The van der Waals surface area contributed by atoms with E-state index in [4.69, 9.17) is 14.6 Å². The van der Waals surface area contributed by atoms with E-state index >= 15 is 0 Å². The summed E-state index contributed by atoms with van der Waals surface area (Å²) in [7, 11) is 1.53. The van der Waals surface area contributed by atoms with E-state index in [0.29, 0.717) is 17.1 Å². The lowest BCUT2D eigenvalue weighted by molar-refractivity contribution is 0.0696. The van der Waals surface area contributed by atoms with Crippen molar-refractivity contribution < 1.29 is 24.2 Å². The van der Waals surface area contributed by atoms with Crippen molar-refractivity contribution in [1.82, 2.24) is 5.43 Å². The molecule has 0 heterocycles. The first kappa shape index (κ1) is 23.3. The highest BCUT2D eigenvalue weighted by Gasteiger charge is 2.08. The second-order valence-corrected chi connectivity index (χ2v) is 7.27. The Bertz CT molecular complexity index is 1170. The van der Waals surface area contributed by atoms with Gasteiger partial charge in [0.05, 0.1) is 18.9 Å². The fourth-order valence-corrected chi connectivity index (χ4v) is 2.99. The van der Waals surface area contributed by atoms with Gasteiger partial charge in [0.1, 0.15) is 6.61 Å². The number of urea groups is 1. The Labute approximate surface area is 191 Å². The summed E-state index contributed by atoms with van der Waals surface area (Å²) in [5.41, 5.74) is 7.00. The molecule has 0 radical (unpaired) electrons. The van der Waals surface area contributed by atoms with Gasteiger partial charge in [-0.25, -0.2) is 15.0 Å². The van der Waals surface area contributed by atoms with Crippen LogP contribution in [0.25, 0.3) is 0 Å². The number of carboxylic acids is 1. The molecular formula is C25H25N3O5. The Morgan fingerprint density at radius 1 is 1.03 bits per heavy atom. The number of ether oxygens (including phenoxy) is 2. The molecule has 3 N–H and O–H groups in total. The van der Waals surface area contributed by atoms with Crippen LogP contribution in [0, 0.1) is 13.8 Å². The van der Waals surface area contributed by atoms with Gasteiger partial charge in [-0.3, -0.25) is 0 Å². The summed E-state index contributed by atoms with van der Waals surface area (Å²) in [5.74, 6) is 0.0529. The summed E-state index contributed by atoms with van der Waals surface area (Å²) in [4.78, 5) is 23.1. The van der Waals surface area contributed by atoms with Crippen LogP contribution in [0.1, 0.15) is 32.6 Å². The number of rotatable bonds is 8. The van der Waals surface area contributed by atoms with Gasteiger partial charge >= 0.3 is 12.0 Å². The minimum absolute atomic E-state index is 0.219. The maximum atomic E-state index is 12.1. The molecule has 3 rings (SSSR count). The van der Waals surface area contributed by atoms with Crippen LogP contribution in [0.5, 0.6) is 11.5 Å². The number of nitrogens with one attached hydrogen (secondary N) is 2. The number of amides is 2. The van der Waals surface area contributed by atoms with Gasteiger partial charge < -0.3 is 19.9 Å². The van der Waals surface area contributed by atoms with E-state index in [1.807, 2.05) is 32.0 Å². The van der Waals surface area contributed by atoms with E-state index < -0.39 is 12.0 Å². The summed E-state index contributed by atoms with van der Waals surface area (Å²) in [6, 6.07) is 16.9. The van der Waals surface area contributed by atoms with Crippen molar-refractivity contribution in [2.75, 3.05) is 12.4 Å². The lowest BCUT2D eigenvalue weighted by atomic mass is 10.1. The quantitative estimate of drug-likeness (QED) is 0.341. The molecule has 0 unspecified atom stereocenters. The van der Waals surface area contributed by atoms with Crippen LogP contribution in [-0.2, 0) is 6.61 Å². The number of hydrazone groups is 1. The Hall–Kier alpha value is -4.33. The Morgan fingerprint density at radius 2 is 1.79 bits per heavy atom. The zero-order chi connectivity index (χ0) is 23.8. The zero-order valence-electron chi connectivity index (χ0n) is 18.6. The van der Waals surface area contributed by atoms with Crippen molar-refractivity contribution in [3.8, 4) is 11.5 Å². The summed E-state index contributed by atoms with van der Waals surface area (Å²) in [5, 5.41) is 15.7. The van der Waals surface area contributed by atoms with Gasteiger partial charge in [-0.2, -0.15) is 5.10 Å². The monoisotopic (exact) mass is 447 g/mol. The molecule has 0 aliphatic rings. The second kappa shape index (κ2) is 10.8. The van der Waals surface area contributed by atoms with E-state index in [-0.39, 0.29) is 12.2 Å². The van der Waals surface area contributed by atoms with E-state index in [0.717, 1.165) is 22.4 Å². The summed E-state index contributed by atoms with van der Waals surface area (Å²) < 4.78 is 11.2. The molecule has 0 spiro atoms. The normalized spacial score (nSPS) is 10.6. The molecule has 170 valence electrons. The largest absolute Gasteiger partial charge is 0.493 e. The number of aromatic carboxylic acids is 1. The highest BCUT2D eigenvalue weighted by Crippen LogP contribution is 2.28. The topological polar surface area (TPSA) is 109 Å². The Morgan fingerprint density at radius 3 is 2.48 bits per heavy atom. The maximum Gasteiger partial charge on any atom is 0.339 e. The highest BCUT2D eigenvalue weighted by atomic mass is 16.5. The number of aryl methyl sites for hydroxylation is 1. The SMILES string of the molecule is COc1cc(/C=N/NC(=O)Nc2cccc(C)c2C)ccc1OCc1ccc(C(=O)O)cc1. The van der Waals surface area contributed by atoms with Gasteiger partial charge in [0.25, 0.3) is 0 Å². The summed E-state index contributed by atoms with van der Waals surface area (Å²) in [6.07, 6.45) is 1.50. The molecule has 0 saturated heterocycles. The Balaban J connectivity index is 1.58. The number of benzene rings is 3. The molecule has 0 fully saturated rings. The van der Waals surface area contributed by atoms with Gasteiger partial charge in [0.15, 0.2) is 11.5 Å². The molecule has 0 bridgehead atoms. The third-order valence-electron chi connectivity index (χ3n) is 5.02. The highest BCUT2D eigenvalue weighted by molar-refractivity contribution is 5.91. The molecule has 3 aromatic rings. The van der Waals surface area contributed by atoms with Gasteiger partial charge in [0, 0.05) is 5.69 Å². The van der Waals surface area contributed by atoms with Crippen molar-refractivity contribution in [1.29, 1.82) is 0 Å². The second-order valence-electron chi connectivity index (χ2n) is 7.27. The first-order valence-electron chi connectivity index (χ1n) is 10.2. The zero-order valence-corrected chi connectivity index (χ0v) is 18.6. The number of anilines is 1. The van der Waals surface area contributed by atoms with Crippen LogP contribution in [0.3, 0.4) is 0 Å². The lowest BCUT2D eigenvalue weighted by Crippen LogP contribution is -2.24. The fourth-order valence-electron chi connectivity index (χ4n) is 2.99. The number of carboxylic acid groups (broad SMARTS) is 1. The predicted octanol–water partition coefficient (Wildman–Crippen LogP) is 4.74. The molecule has 0 atom stereocenters. The number of carbonyl (C=O) groups excluding carboxylic acids is 1. The molecule has 0 aliphatic heterocycles. The molecule has 3 aromatic carbocycles. The van der Waals surface area contributed by atoms with Crippen LogP contribution < -0.4 is 20.2 Å². The van der Waals surface area contributed by atoms with Gasteiger partial charge in [-0.15, -0.1) is 0 Å². The molecule has 2 amide bonds. The standard InChI is InChI=1S/C25H25N3O5/c1-16-5-4-6-21(17(16)2)27-25(31)28-26-14-19-9-12-22(23(13-19)32-3)33-15-18-7-10-20(11-8-18)24(29)30/h4-14H,15H2,1-3H3,(H,29,30)(H2,27,28,31)/b26-14+. The van der Waals surface area contributed by atoms with Crippen LogP contribution >= 0.6 is 0 Å². The third kappa shape index (κ3) is 6.33. The number of carbonyl (C=O) groups is 2. The van der Waals surface area contributed by atoms with Gasteiger partial charge in [-0.05, 0) is 72.5 Å². The van der Waals surface area contributed by atoms with E-state index in [1.54, 1.807) is 30.3 Å². The molecule has 8 heteroatoms. The first-order valence-corrected chi connectivity index (χ1v) is 10.2. The number of hydrogen-bond acceptors (Lipinski definition) is 5. The van der Waals surface area contributed by atoms with E-state index in [9.17, 15) is 9.59 Å². The van der Waals surface area contributed by atoms with Crippen molar-refractivity contribution in [3.63, 3.8) is 0 Å². The van der Waals surface area contributed by atoms with Crippen LogP contribution in [0.15, 0.2) is 65.8 Å². The molecule has 0 saturated carbocycles. The minimum atomic E-state index is -0.973. The third-order valence-corrected chi connectivity index (χ3v) is 5.02. The van der Waals surface area contributed by atoms with Crippen LogP contribution in [0.4, 0.5) is 10.5 Å². The predicted molar refractivity (Wildman–Crippen MR) is 126 cm³/mol. The molecular weight excluding hydrogens is 422 g/mol. The molecule has 0 aromatic heterocycles. The number of methoxy groups -OCH3 is 1. The summed E-state index contributed by atoms with van der Waals surface area (Å²) in [6.45, 7) is 4.17. The van der Waals surface area contributed by atoms with Gasteiger partial charge in [0.2, 0.25) is 0 Å². The maximum absolute atomic E-state index is 12.1. The van der Waals surface area contributed by atoms with Crippen molar-refractivity contribution in [2.24, 2.45) is 5.10 Å². The lowest BCUT2D eigenvalue weighted by Gasteiger charge is -2.11. The molecule has 0 aliphatic carbocycles. The smallest absolute Gasteiger partial charge is 0.339 e. The molecule has 8 nitrogen and oxygen atoms in total. The van der Waals surface area contributed by atoms with E-state index in [2.05, 4.69) is 15.8 Å². The minimum Gasteiger partial charge on any atom is -0.493 e. The molecule has 33 heavy (non-hydrogen) atoms. The van der Waals surface area contributed by atoms with Gasteiger partial charge in [-0.1, -0.05) is 24.3 Å². The van der Waals surface area contributed by atoms with E-state index in [1.165, 1.54) is 25.5 Å². The average Bonchev–Trinajstić information content (AvgIpc) is 2.81. The average molecular weight is 447 g/mol.